The van der Waals surface area contributed by atoms with Crippen molar-refractivity contribution in [2.24, 2.45) is 0 Å². The molecule has 0 saturated carbocycles. The number of hydrogen-bond donors (Lipinski definition) is 2. The van der Waals surface area contributed by atoms with Crippen LogP contribution in [-0.2, 0) is 0 Å². The number of benzene rings is 1. The third-order valence-electron chi connectivity index (χ3n) is 2.49. The monoisotopic (exact) mass is 288 g/mol. The van der Waals surface area contributed by atoms with Crippen molar-refractivity contribution in [2.75, 3.05) is 33.9 Å². The SMILES string of the molecule is CCNCCNC(=O)c1ccc(OC)cc1OC.Cl. The highest BCUT2D eigenvalue weighted by Gasteiger charge is 2.12. The Balaban J connectivity index is 0.00000324. The van der Waals surface area contributed by atoms with Gasteiger partial charge in [0.05, 0.1) is 19.8 Å². The van der Waals surface area contributed by atoms with E-state index < -0.39 is 0 Å². The molecule has 0 aromatic heterocycles. The Hall–Kier alpha value is -1.46. The van der Waals surface area contributed by atoms with Gasteiger partial charge in [-0.25, -0.2) is 0 Å². The molecule has 1 amide bonds. The van der Waals surface area contributed by atoms with E-state index in [1.165, 1.54) is 7.11 Å². The Labute approximate surface area is 120 Å². The van der Waals surface area contributed by atoms with E-state index in [4.69, 9.17) is 9.47 Å². The Morgan fingerprint density at radius 1 is 1.21 bits per heavy atom. The second kappa shape index (κ2) is 9.47. The Morgan fingerprint density at radius 2 is 1.95 bits per heavy atom. The molecule has 0 aliphatic rings. The summed E-state index contributed by atoms with van der Waals surface area (Å²) in [6.45, 7) is 4.25. The number of rotatable bonds is 7. The number of carbonyl (C=O) groups excluding carboxylic acids is 1. The van der Waals surface area contributed by atoms with Crippen LogP contribution in [0.4, 0.5) is 0 Å². The molecule has 6 heteroatoms. The molecular formula is C13H21ClN2O3. The summed E-state index contributed by atoms with van der Waals surface area (Å²) in [4.78, 5) is 11.9. The first kappa shape index (κ1) is 17.5. The van der Waals surface area contributed by atoms with Crippen LogP contribution < -0.4 is 20.1 Å². The highest BCUT2D eigenvalue weighted by atomic mass is 35.5. The van der Waals surface area contributed by atoms with Crippen molar-refractivity contribution in [3.63, 3.8) is 0 Å². The standard InChI is InChI=1S/C13H20N2O3.ClH/c1-4-14-7-8-15-13(16)11-6-5-10(17-2)9-12(11)18-3;/h5-6,9,14H,4,7-8H2,1-3H3,(H,15,16);1H. The summed E-state index contributed by atoms with van der Waals surface area (Å²) >= 11 is 0. The first-order valence-corrected chi connectivity index (χ1v) is 5.93. The zero-order chi connectivity index (χ0) is 13.4. The van der Waals surface area contributed by atoms with Gasteiger partial charge in [-0.3, -0.25) is 4.79 Å². The number of likely N-dealkylation sites (N-methyl/N-ethyl adjacent to an activating group) is 1. The van der Waals surface area contributed by atoms with Crippen molar-refractivity contribution >= 4 is 18.3 Å². The average Bonchev–Trinajstić information content (AvgIpc) is 2.42. The third-order valence-corrected chi connectivity index (χ3v) is 2.49. The lowest BCUT2D eigenvalue weighted by Crippen LogP contribution is -2.31. The molecule has 1 aromatic carbocycles. The number of halogens is 1. The summed E-state index contributed by atoms with van der Waals surface area (Å²) in [5, 5.41) is 5.96. The van der Waals surface area contributed by atoms with Gasteiger partial charge in [0.15, 0.2) is 0 Å². The van der Waals surface area contributed by atoms with Crippen molar-refractivity contribution in [3.8, 4) is 11.5 Å². The fourth-order valence-corrected chi connectivity index (χ4v) is 1.52. The molecule has 0 unspecified atom stereocenters. The Kier molecular flexibility index (Phi) is 8.74. The lowest BCUT2D eigenvalue weighted by Gasteiger charge is -2.10. The van der Waals surface area contributed by atoms with Gasteiger partial charge in [0.25, 0.3) is 5.91 Å². The molecule has 5 nitrogen and oxygen atoms in total. The topological polar surface area (TPSA) is 59.6 Å². The summed E-state index contributed by atoms with van der Waals surface area (Å²) < 4.78 is 10.3. The quantitative estimate of drug-likeness (QED) is 0.746. The summed E-state index contributed by atoms with van der Waals surface area (Å²) in [7, 11) is 3.11. The van der Waals surface area contributed by atoms with Gasteiger partial charge in [-0.05, 0) is 18.7 Å². The molecule has 0 bridgehead atoms. The average molecular weight is 289 g/mol. The molecule has 19 heavy (non-hydrogen) atoms. The van der Waals surface area contributed by atoms with E-state index in [9.17, 15) is 4.79 Å². The predicted octanol–water partition coefficient (Wildman–Crippen LogP) is 1.46. The van der Waals surface area contributed by atoms with E-state index in [0.717, 1.165) is 13.1 Å². The van der Waals surface area contributed by atoms with E-state index in [2.05, 4.69) is 10.6 Å². The molecular weight excluding hydrogens is 268 g/mol. The molecule has 0 heterocycles. The second-order valence-corrected chi connectivity index (χ2v) is 3.68. The normalized spacial score (nSPS) is 9.42. The van der Waals surface area contributed by atoms with Crippen molar-refractivity contribution < 1.29 is 14.3 Å². The van der Waals surface area contributed by atoms with Crippen molar-refractivity contribution in [3.05, 3.63) is 23.8 Å². The van der Waals surface area contributed by atoms with Gasteiger partial charge in [0, 0.05) is 19.2 Å². The van der Waals surface area contributed by atoms with Crippen LogP contribution in [0.15, 0.2) is 18.2 Å². The van der Waals surface area contributed by atoms with Gasteiger partial charge in [0.2, 0.25) is 0 Å². The smallest absolute Gasteiger partial charge is 0.255 e. The largest absolute Gasteiger partial charge is 0.497 e. The summed E-state index contributed by atoms with van der Waals surface area (Å²) in [5.41, 5.74) is 0.509. The minimum absolute atomic E-state index is 0. The van der Waals surface area contributed by atoms with Crippen LogP contribution >= 0.6 is 12.4 Å². The molecule has 0 fully saturated rings. The zero-order valence-corrected chi connectivity index (χ0v) is 12.3. The highest BCUT2D eigenvalue weighted by Crippen LogP contribution is 2.24. The zero-order valence-electron chi connectivity index (χ0n) is 11.5. The van der Waals surface area contributed by atoms with Gasteiger partial charge >= 0.3 is 0 Å². The van der Waals surface area contributed by atoms with E-state index >= 15 is 0 Å². The van der Waals surface area contributed by atoms with E-state index in [-0.39, 0.29) is 18.3 Å². The van der Waals surface area contributed by atoms with Crippen LogP contribution in [0.2, 0.25) is 0 Å². The van der Waals surface area contributed by atoms with Gasteiger partial charge in [0.1, 0.15) is 11.5 Å². The molecule has 1 aromatic rings. The Bertz CT molecular complexity index is 399. The van der Waals surface area contributed by atoms with Crippen molar-refractivity contribution in [2.45, 2.75) is 6.92 Å². The maximum Gasteiger partial charge on any atom is 0.255 e. The van der Waals surface area contributed by atoms with Crippen LogP contribution in [0.3, 0.4) is 0 Å². The number of ether oxygens (including phenoxy) is 2. The molecule has 0 radical (unpaired) electrons. The summed E-state index contributed by atoms with van der Waals surface area (Å²) in [6, 6.07) is 5.13. The van der Waals surface area contributed by atoms with Crippen molar-refractivity contribution in [1.29, 1.82) is 0 Å². The third kappa shape index (κ3) is 5.36. The van der Waals surface area contributed by atoms with Crippen molar-refractivity contribution in [1.82, 2.24) is 10.6 Å². The van der Waals surface area contributed by atoms with E-state index in [1.54, 1.807) is 25.3 Å². The predicted molar refractivity (Wildman–Crippen MR) is 77.7 cm³/mol. The minimum Gasteiger partial charge on any atom is -0.497 e. The van der Waals surface area contributed by atoms with Crippen LogP contribution in [0.5, 0.6) is 11.5 Å². The minimum atomic E-state index is -0.146. The number of methoxy groups -OCH3 is 2. The van der Waals surface area contributed by atoms with Gasteiger partial charge in [-0.2, -0.15) is 0 Å². The second-order valence-electron chi connectivity index (χ2n) is 3.68. The maximum atomic E-state index is 11.9. The number of carbonyl (C=O) groups is 1. The van der Waals surface area contributed by atoms with Crippen LogP contribution in [0.1, 0.15) is 17.3 Å². The number of hydrogen-bond acceptors (Lipinski definition) is 4. The van der Waals surface area contributed by atoms with Crippen LogP contribution in [-0.4, -0.2) is 39.8 Å². The molecule has 1 rings (SSSR count). The first-order chi connectivity index (χ1) is 8.72. The molecule has 0 aliphatic carbocycles. The number of amides is 1. The molecule has 0 atom stereocenters. The van der Waals surface area contributed by atoms with Gasteiger partial charge in [-0.1, -0.05) is 6.92 Å². The lowest BCUT2D eigenvalue weighted by molar-refractivity contribution is 0.0951. The van der Waals surface area contributed by atoms with Gasteiger partial charge in [-0.15, -0.1) is 12.4 Å². The lowest BCUT2D eigenvalue weighted by atomic mass is 10.1. The molecule has 0 aliphatic heterocycles. The highest BCUT2D eigenvalue weighted by molar-refractivity contribution is 5.97. The van der Waals surface area contributed by atoms with E-state index in [1.807, 2.05) is 6.92 Å². The van der Waals surface area contributed by atoms with E-state index in [0.29, 0.717) is 23.6 Å². The summed E-state index contributed by atoms with van der Waals surface area (Å²) in [6.07, 6.45) is 0. The fourth-order valence-electron chi connectivity index (χ4n) is 1.52. The first-order valence-electron chi connectivity index (χ1n) is 5.93. The summed E-state index contributed by atoms with van der Waals surface area (Å²) in [5.74, 6) is 1.03. The molecule has 0 saturated heterocycles. The molecule has 108 valence electrons. The molecule has 2 N–H and O–H groups in total. The fraction of sp³-hybridized carbons (Fsp3) is 0.462. The van der Waals surface area contributed by atoms with Gasteiger partial charge < -0.3 is 20.1 Å². The number of nitrogens with one attached hydrogen (secondary N) is 2. The maximum absolute atomic E-state index is 11.9. The Morgan fingerprint density at radius 3 is 2.53 bits per heavy atom. The van der Waals surface area contributed by atoms with Crippen LogP contribution in [0, 0.1) is 0 Å². The molecule has 0 spiro atoms. The van der Waals surface area contributed by atoms with Crippen LogP contribution in [0.25, 0.3) is 0 Å².